The van der Waals surface area contributed by atoms with Gasteiger partial charge in [-0.3, -0.25) is 0 Å². The van der Waals surface area contributed by atoms with Gasteiger partial charge >= 0.3 is 0 Å². The van der Waals surface area contributed by atoms with Crippen molar-refractivity contribution in [3.8, 4) is 5.88 Å². The van der Waals surface area contributed by atoms with E-state index < -0.39 is 0 Å². The molecule has 1 aliphatic rings. The number of rotatable bonds is 2. The quantitative estimate of drug-likeness (QED) is 0.708. The van der Waals surface area contributed by atoms with Crippen LogP contribution in [0.15, 0.2) is 6.07 Å². The van der Waals surface area contributed by atoms with Gasteiger partial charge < -0.3 is 10.5 Å². The molecule has 1 saturated carbocycles. The molecule has 0 aliphatic heterocycles. The van der Waals surface area contributed by atoms with Crippen LogP contribution in [-0.2, 0) is 0 Å². The highest BCUT2D eigenvalue weighted by Crippen LogP contribution is 2.39. The molecule has 1 aromatic heterocycles. The Morgan fingerprint density at radius 1 is 1.50 bits per heavy atom. The van der Waals surface area contributed by atoms with Gasteiger partial charge in [-0.2, -0.15) is 4.98 Å². The van der Waals surface area contributed by atoms with Crippen molar-refractivity contribution in [2.75, 3.05) is 12.8 Å². The molecule has 0 spiro atoms. The topological polar surface area (TPSA) is 61.0 Å². The molecular formula is C8H11N3O. The molecule has 1 heterocycles. The Bertz CT molecular complexity index is 296. The van der Waals surface area contributed by atoms with Crippen LogP contribution in [0.1, 0.15) is 24.5 Å². The predicted octanol–water partition coefficient (Wildman–Crippen LogP) is 0.945. The largest absolute Gasteiger partial charge is 0.481 e. The second-order valence-corrected chi connectivity index (χ2v) is 2.97. The summed E-state index contributed by atoms with van der Waals surface area (Å²) < 4.78 is 4.98. The highest BCUT2D eigenvalue weighted by molar-refractivity contribution is 5.29. The molecule has 12 heavy (non-hydrogen) atoms. The molecule has 0 unspecified atom stereocenters. The van der Waals surface area contributed by atoms with E-state index in [1.807, 2.05) is 6.07 Å². The second-order valence-electron chi connectivity index (χ2n) is 2.97. The number of hydrogen-bond donors (Lipinski definition) is 1. The van der Waals surface area contributed by atoms with E-state index in [-0.39, 0.29) is 0 Å². The van der Waals surface area contributed by atoms with Crippen LogP contribution in [0.2, 0.25) is 0 Å². The van der Waals surface area contributed by atoms with Crippen LogP contribution < -0.4 is 10.5 Å². The zero-order valence-corrected chi connectivity index (χ0v) is 6.95. The number of aromatic nitrogens is 2. The molecule has 64 valence electrons. The Balaban J connectivity index is 2.34. The summed E-state index contributed by atoms with van der Waals surface area (Å²) >= 11 is 0. The molecule has 1 fully saturated rings. The molecule has 0 atom stereocenters. The van der Waals surface area contributed by atoms with Crippen molar-refractivity contribution in [3.63, 3.8) is 0 Å². The van der Waals surface area contributed by atoms with E-state index in [1.165, 1.54) is 12.8 Å². The Morgan fingerprint density at radius 2 is 2.25 bits per heavy atom. The first kappa shape index (κ1) is 7.34. The van der Waals surface area contributed by atoms with Crippen molar-refractivity contribution in [3.05, 3.63) is 11.8 Å². The van der Waals surface area contributed by atoms with Crippen molar-refractivity contribution in [1.82, 2.24) is 9.97 Å². The van der Waals surface area contributed by atoms with Crippen LogP contribution in [0.5, 0.6) is 5.88 Å². The van der Waals surface area contributed by atoms with E-state index in [9.17, 15) is 0 Å². The fourth-order valence-corrected chi connectivity index (χ4v) is 1.15. The summed E-state index contributed by atoms with van der Waals surface area (Å²) in [5.74, 6) is 1.45. The molecule has 2 N–H and O–H groups in total. The summed E-state index contributed by atoms with van der Waals surface area (Å²) in [6, 6.07) is 1.86. The van der Waals surface area contributed by atoms with Crippen molar-refractivity contribution in [2.45, 2.75) is 18.8 Å². The van der Waals surface area contributed by atoms with E-state index in [1.54, 1.807) is 7.11 Å². The van der Waals surface area contributed by atoms with Gasteiger partial charge in [0.15, 0.2) is 0 Å². The summed E-state index contributed by atoms with van der Waals surface area (Å²) in [7, 11) is 1.58. The first-order chi connectivity index (χ1) is 5.79. The minimum Gasteiger partial charge on any atom is -0.481 e. The highest BCUT2D eigenvalue weighted by Gasteiger charge is 2.25. The van der Waals surface area contributed by atoms with Crippen LogP contribution in [0, 0.1) is 0 Å². The number of ether oxygens (including phenoxy) is 1. The minimum absolute atomic E-state index is 0.302. The van der Waals surface area contributed by atoms with Gasteiger partial charge in [-0.1, -0.05) is 0 Å². The van der Waals surface area contributed by atoms with Crippen molar-refractivity contribution in [2.24, 2.45) is 0 Å². The number of hydrogen-bond acceptors (Lipinski definition) is 4. The van der Waals surface area contributed by atoms with Gasteiger partial charge in [0.2, 0.25) is 11.8 Å². The van der Waals surface area contributed by atoms with Crippen LogP contribution in [0.25, 0.3) is 0 Å². The molecule has 2 rings (SSSR count). The molecule has 0 saturated heterocycles. The van der Waals surface area contributed by atoms with E-state index in [4.69, 9.17) is 10.5 Å². The molecule has 0 radical (unpaired) electrons. The molecule has 1 aliphatic carbocycles. The van der Waals surface area contributed by atoms with Gasteiger partial charge in [-0.25, -0.2) is 4.98 Å². The number of nitrogen functional groups attached to an aromatic ring is 1. The van der Waals surface area contributed by atoms with Crippen LogP contribution in [-0.4, -0.2) is 17.1 Å². The minimum atomic E-state index is 0.302. The van der Waals surface area contributed by atoms with E-state index in [0.29, 0.717) is 17.7 Å². The summed E-state index contributed by atoms with van der Waals surface area (Å²) in [4.78, 5) is 8.04. The number of anilines is 1. The van der Waals surface area contributed by atoms with Crippen molar-refractivity contribution in [1.29, 1.82) is 0 Å². The van der Waals surface area contributed by atoms with E-state index >= 15 is 0 Å². The average molecular weight is 165 g/mol. The molecular weight excluding hydrogens is 154 g/mol. The fraction of sp³-hybridized carbons (Fsp3) is 0.500. The number of nitrogens with two attached hydrogens (primary N) is 1. The standard InChI is InChI=1S/C8H11N3O/c1-12-7-4-6(5-2-3-5)10-8(9)11-7/h4-5H,2-3H2,1H3,(H2,9,10,11). The molecule has 0 amide bonds. The molecule has 4 heteroatoms. The summed E-state index contributed by atoms with van der Waals surface area (Å²) in [5.41, 5.74) is 6.51. The van der Waals surface area contributed by atoms with Crippen LogP contribution >= 0.6 is 0 Å². The fourth-order valence-electron chi connectivity index (χ4n) is 1.15. The predicted molar refractivity (Wildman–Crippen MR) is 45.0 cm³/mol. The maximum absolute atomic E-state index is 5.50. The lowest BCUT2D eigenvalue weighted by Crippen LogP contribution is -2.00. The Morgan fingerprint density at radius 3 is 2.83 bits per heavy atom. The molecule has 0 bridgehead atoms. The first-order valence-electron chi connectivity index (χ1n) is 3.98. The summed E-state index contributed by atoms with van der Waals surface area (Å²) in [5, 5.41) is 0. The average Bonchev–Trinajstić information content (AvgIpc) is 2.85. The van der Waals surface area contributed by atoms with Crippen LogP contribution in [0.3, 0.4) is 0 Å². The maximum atomic E-state index is 5.50. The van der Waals surface area contributed by atoms with Gasteiger partial charge in [0.1, 0.15) is 0 Å². The van der Waals surface area contributed by atoms with Crippen molar-refractivity contribution < 1.29 is 4.74 Å². The zero-order valence-electron chi connectivity index (χ0n) is 6.95. The summed E-state index contributed by atoms with van der Waals surface area (Å²) in [6.07, 6.45) is 2.42. The van der Waals surface area contributed by atoms with Gasteiger partial charge in [-0.15, -0.1) is 0 Å². The van der Waals surface area contributed by atoms with Crippen molar-refractivity contribution >= 4 is 5.95 Å². The van der Waals surface area contributed by atoms with Gasteiger partial charge in [0.05, 0.1) is 12.8 Å². The first-order valence-corrected chi connectivity index (χ1v) is 3.98. The smallest absolute Gasteiger partial charge is 0.223 e. The number of methoxy groups -OCH3 is 1. The monoisotopic (exact) mass is 165 g/mol. The summed E-state index contributed by atoms with van der Waals surface area (Å²) in [6.45, 7) is 0. The molecule has 0 aromatic carbocycles. The van der Waals surface area contributed by atoms with Gasteiger partial charge in [-0.05, 0) is 12.8 Å². The molecule has 1 aromatic rings. The third-order valence-electron chi connectivity index (χ3n) is 1.94. The lowest BCUT2D eigenvalue weighted by atomic mass is 10.3. The molecule has 4 nitrogen and oxygen atoms in total. The Labute approximate surface area is 70.8 Å². The maximum Gasteiger partial charge on any atom is 0.223 e. The zero-order chi connectivity index (χ0) is 8.55. The Hall–Kier alpha value is -1.32. The Kier molecular flexibility index (Phi) is 1.60. The van der Waals surface area contributed by atoms with Gasteiger partial charge in [0, 0.05) is 12.0 Å². The van der Waals surface area contributed by atoms with Crippen LogP contribution in [0.4, 0.5) is 5.95 Å². The normalized spacial score (nSPS) is 16.1. The SMILES string of the molecule is COc1cc(C2CC2)nc(N)n1. The third-order valence-corrected chi connectivity index (χ3v) is 1.94. The second kappa shape index (κ2) is 2.62. The highest BCUT2D eigenvalue weighted by atomic mass is 16.5. The van der Waals surface area contributed by atoms with Gasteiger partial charge in [0.25, 0.3) is 0 Å². The lowest BCUT2D eigenvalue weighted by molar-refractivity contribution is 0.397. The lowest BCUT2D eigenvalue weighted by Gasteiger charge is -2.02. The van der Waals surface area contributed by atoms with E-state index in [2.05, 4.69) is 9.97 Å². The third kappa shape index (κ3) is 1.32. The number of nitrogens with zero attached hydrogens (tertiary/aromatic N) is 2. The van der Waals surface area contributed by atoms with E-state index in [0.717, 1.165) is 5.69 Å².